The van der Waals surface area contributed by atoms with Crippen LogP contribution >= 0.6 is 15.9 Å². The molecule has 0 saturated carbocycles. The van der Waals surface area contributed by atoms with Gasteiger partial charge in [-0.2, -0.15) is 0 Å². The molecule has 4 rings (SSSR count). The van der Waals surface area contributed by atoms with Gasteiger partial charge in [0.2, 0.25) is 5.88 Å². The molecule has 0 fully saturated rings. The lowest BCUT2D eigenvalue weighted by Gasteiger charge is -2.16. The molecule has 0 bridgehead atoms. The molecule has 2 aromatic heterocycles. The zero-order valence-corrected chi connectivity index (χ0v) is 15.1. The van der Waals surface area contributed by atoms with Crippen molar-refractivity contribution in [2.45, 2.75) is 33.1 Å². The number of hydrogen-bond donors (Lipinski definition) is 1. The maximum atomic E-state index is 12.7. The van der Waals surface area contributed by atoms with Gasteiger partial charge >= 0.3 is 0 Å². The summed E-state index contributed by atoms with van der Waals surface area (Å²) in [7, 11) is 0. The number of halogens is 1. The fourth-order valence-electron chi connectivity index (χ4n) is 3.26. The highest BCUT2D eigenvalue weighted by molar-refractivity contribution is 9.10. The molecule has 1 N–H and O–H groups in total. The van der Waals surface area contributed by atoms with Crippen molar-refractivity contribution in [2.24, 2.45) is 5.92 Å². The number of aromatic nitrogens is 1. The predicted octanol–water partition coefficient (Wildman–Crippen LogP) is 4.87. The van der Waals surface area contributed by atoms with Crippen LogP contribution in [0.15, 0.2) is 31.6 Å². The molecule has 0 saturated heterocycles. The molecule has 5 nitrogen and oxygen atoms in total. The van der Waals surface area contributed by atoms with E-state index in [0.29, 0.717) is 23.1 Å². The number of benzene rings is 1. The minimum atomic E-state index is -0.308. The van der Waals surface area contributed by atoms with Crippen LogP contribution in [-0.2, 0) is 12.8 Å². The first-order valence-electron chi connectivity index (χ1n) is 8.00. The summed E-state index contributed by atoms with van der Waals surface area (Å²) in [5.41, 5.74) is 3.46. The first-order valence-corrected chi connectivity index (χ1v) is 8.79. The number of carbonyl (C=O) groups is 1. The summed E-state index contributed by atoms with van der Waals surface area (Å²) >= 11 is 3.41. The lowest BCUT2D eigenvalue weighted by atomic mass is 9.89. The summed E-state index contributed by atoms with van der Waals surface area (Å²) in [6.45, 7) is 4.08. The topological polar surface area (TPSA) is 68.3 Å². The number of carbonyl (C=O) groups excluding carboxylic acids is 1. The van der Waals surface area contributed by atoms with Crippen molar-refractivity contribution in [1.82, 2.24) is 5.16 Å². The van der Waals surface area contributed by atoms with Gasteiger partial charge in [-0.3, -0.25) is 10.1 Å². The van der Waals surface area contributed by atoms with Crippen LogP contribution in [0.25, 0.3) is 11.0 Å². The van der Waals surface area contributed by atoms with E-state index in [-0.39, 0.29) is 5.91 Å². The minimum absolute atomic E-state index is 0.303. The fourth-order valence-corrected chi connectivity index (χ4v) is 3.60. The van der Waals surface area contributed by atoms with E-state index in [1.54, 1.807) is 0 Å². The molecule has 1 amide bonds. The van der Waals surface area contributed by atoms with Gasteiger partial charge in [0.25, 0.3) is 5.91 Å². The van der Waals surface area contributed by atoms with Crippen molar-refractivity contribution in [2.75, 3.05) is 5.32 Å². The molecule has 124 valence electrons. The molecule has 6 heteroatoms. The van der Waals surface area contributed by atoms with Crippen molar-refractivity contribution in [3.63, 3.8) is 0 Å². The SMILES string of the molecule is Cc1c(C(=O)Nc2onc3c2C[C@H](C)CC3)oc2cc(Br)ccc12. The first-order chi connectivity index (χ1) is 11.5. The Morgan fingerprint density at radius 2 is 2.25 bits per heavy atom. The molecule has 0 spiro atoms. The molecule has 1 atom stereocenters. The molecule has 0 radical (unpaired) electrons. The summed E-state index contributed by atoms with van der Waals surface area (Å²) < 4.78 is 12.0. The van der Waals surface area contributed by atoms with E-state index < -0.39 is 0 Å². The second-order valence-corrected chi connectivity index (χ2v) is 7.35. The van der Waals surface area contributed by atoms with Crippen molar-refractivity contribution >= 4 is 38.7 Å². The Hall–Kier alpha value is -2.08. The van der Waals surface area contributed by atoms with Gasteiger partial charge in [0.15, 0.2) is 5.76 Å². The zero-order valence-electron chi connectivity index (χ0n) is 13.5. The average molecular weight is 389 g/mol. The summed E-state index contributed by atoms with van der Waals surface area (Å²) in [5.74, 6) is 1.01. The number of furan rings is 1. The van der Waals surface area contributed by atoms with E-state index in [9.17, 15) is 4.79 Å². The van der Waals surface area contributed by atoms with Crippen molar-refractivity contribution in [3.8, 4) is 0 Å². The molecule has 24 heavy (non-hydrogen) atoms. The molecule has 3 aromatic rings. The van der Waals surface area contributed by atoms with Crippen LogP contribution < -0.4 is 5.32 Å². The number of nitrogens with one attached hydrogen (secondary N) is 1. The number of amides is 1. The largest absolute Gasteiger partial charge is 0.451 e. The molecule has 2 heterocycles. The van der Waals surface area contributed by atoms with Gasteiger partial charge in [0.05, 0.1) is 5.69 Å². The number of hydrogen-bond acceptors (Lipinski definition) is 4. The first kappa shape index (κ1) is 15.4. The van der Waals surface area contributed by atoms with Crippen LogP contribution in [0.1, 0.15) is 40.7 Å². The summed E-state index contributed by atoms with van der Waals surface area (Å²) in [5, 5.41) is 7.85. The number of fused-ring (bicyclic) bond motifs is 2. The highest BCUT2D eigenvalue weighted by atomic mass is 79.9. The van der Waals surface area contributed by atoms with Gasteiger partial charge < -0.3 is 8.94 Å². The summed E-state index contributed by atoms with van der Waals surface area (Å²) in [4.78, 5) is 12.7. The average Bonchev–Trinajstić information content (AvgIpc) is 3.08. The second-order valence-electron chi connectivity index (χ2n) is 6.44. The maximum Gasteiger partial charge on any atom is 0.294 e. The minimum Gasteiger partial charge on any atom is -0.451 e. The molecule has 0 aliphatic heterocycles. The van der Waals surface area contributed by atoms with Gasteiger partial charge in [-0.05, 0) is 50.3 Å². The second kappa shape index (κ2) is 5.77. The molecular formula is C18H17BrN2O3. The van der Waals surface area contributed by atoms with E-state index in [4.69, 9.17) is 8.94 Å². The number of nitrogens with zero attached hydrogens (tertiary/aromatic N) is 1. The van der Waals surface area contributed by atoms with E-state index >= 15 is 0 Å². The van der Waals surface area contributed by atoms with Gasteiger partial charge in [-0.25, -0.2) is 0 Å². The van der Waals surface area contributed by atoms with Crippen LogP contribution in [-0.4, -0.2) is 11.1 Å². The van der Waals surface area contributed by atoms with Crippen molar-refractivity contribution in [3.05, 3.63) is 45.3 Å². The Labute approximate surface area is 147 Å². The van der Waals surface area contributed by atoms with E-state index in [0.717, 1.165) is 45.9 Å². The summed E-state index contributed by atoms with van der Waals surface area (Å²) in [6.07, 6.45) is 2.87. The predicted molar refractivity (Wildman–Crippen MR) is 94.3 cm³/mol. The van der Waals surface area contributed by atoms with Gasteiger partial charge in [0.1, 0.15) is 5.58 Å². The number of aryl methyl sites for hydroxylation is 2. The van der Waals surface area contributed by atoms with Crippen LogP contribution in [0.3, 0.4) is 0 Å². The Bertz CT molecular complexity index is 941. The van der Waals surface area contributed by atoms with E-state index in [1.807, 2.05) is 25.1 Å². The standard InChI is InChI=1S/C18H17BrN2O3/c1-9-3-6-14-13(7-9)18(24-21-14)20-17(22)16-10(2)12-5-4-11(19)8-15(12)23-16/h4-5,8-9H,3,6-7H2,1-2H3,(H,20,22)/t9-/m1/s1. The third-order valence-electron chi connectivity index (χ3n) is 4.63. The van der Waals surface area contributed by atoms with Gasteiger partial charge in [0, 0.05) is 21.0 Å². The molecule has 0 unspecified atom stereocenters. The van der Waals surface area contributed by atoms with Crippen molar-refractivity contribution < 1.29 is 13.7 Å². The van der Waals surface area contributed by atoms with E-state index in [2.05, 4.69) is 33.3 Å². The van der Waals surface area contributed by atoms with Crippen LogP contribution in [0, 0.1) is 12.8 Å². The monoisotopic (exact) mass is 388 g/mol. The highest BCUT2D eigenvalue weighted by Gasteiger charge is 2.26. The Kier molecular flexibility index (Phi) is 3.72. The van der Waals surface area contributed by atoms with E-state index in [1.165, 1.54) is 0 Å². The molecule has 1 aliphatic carbocycles. The lowest BCUT2D eigenvalue weighted by Crippen LogP contribution is -2.16. The smallest absolute Gasteiger partial charge is 0.294 e. The summed E-state index contributed by atoms with van der Waals surface area (Å²) in [6, 6.07) is 5.73. The molecule has 1 aromatic carbocycles. The van der Waals surface area contributed by atoms with Crippen LogP contribution in [0.5, 0.6) is 0 Å². The Balaban J connectivity index is 1.66. The fraction of sp³-hybridized carbons (Fsp3) is 0.333. The van der Waals surface area contributed by atoms with Crippen molar-refractivity contribution in [1.29, 1.82) is 0 Å². The quantitative estimate of drug-likeness (QED) is 0.679. The lowest BCUT2D eigenvalue weighted by molar-refractivity contribution is 0.0994. The third-order valence-corrected chi connectivity index (χ3v) is 5.12. The molecule has 1 aliphatic rings. The number of anilines is 1. The normalized spacial score (nSPS) is 17.0. The van der Waals surface area contributed by atoms with Crippen LogP contribution in [0.2, 0.25) is 0 Å². The third kappa shape index (κ3) is 2.55. The highest BCUT2D eigenvalue weighted by Crippen LogP contribution is 2.32. The van der Waals surface area contributed by atoms with Crippen LogP contribution in [0.4, 0.5) is 5.88 Å². The van der Waals surface area contributed by atoms with Gasteiger partial charge in [-0.15, -0.1) is 0 Å². The van der Waals surface area contributed by atoms with Gasteiger partial charge in [-0.1, -0.05) is 28.0 Å². The maximum absolute atomic E-state index is 12.7. The Morgan fingerprint density at radius 3 is 3.08 bits per heavy atom. The number of rotatable bonds is 2. The Morgan fingerprint density at radius 1 is 1.42 bits per heavy atom. The zero-order chi connectivity index (χ0) is 16.8. The molecular weight excluding hydrogens is 372 g/mol.